The Morgan fingerprint density at radius 1 is 1.30 bits per heavy atom. The smallest absolute Gasteiger partial charge is 0.338 e. The van der Waals surface area contributed by atoms with Gasteiger partial charge in [-0.3, -0.25) is 4.98 Å². The van der Waals surface area contributed by atoms with E-state index in [0.717, 1.165) is 5.56 Å². The van der Waals surface area contributed by atoms with Crippen molar-refractivity contribution >= 4 is 5.97 Å². The molecule has 136 valence electrons. The van der Waals surface area contributed by atoms with E-state index in [1.54, 1.807) is 37.5 Å². The van der Waals surface area contributed by atoms with Crippen molar-refractivity contribution in [3.05, 3.63) is 76.9 Å². The van der Waals surface area contributed by atoms with Crippen LogP contribution in [0.2, 0.25) is 0 Å². The summed E-state index contributed by atoms with van der Waals surface area (Å²) in [7, 11) is 1.25. The zero-order valence-corrected chi connectivity index (χ0v) is 14.7. The minimum atomic E-state index is -0.774. The van der Waals surface area contributed by atoms with E-state index in [-0.39, 0.29) is 28.6 Å². The summed E-state index contributed by atoms with van der Waals surface area (Å²) >= 11 is 0. The largest absolute Gasteiger partial charge is 0.466 e. The summed E-state index contributed by atoms with van der Waals surface area (Å²) in [6.07, 6.45) is 3.16. The Labute approximate surface area is 155 Å². The van der Waals surface area contributed by atoms with Gasteiger partial charge in [0.05, 0.1) is 18.6 Å². The predicted octanol–water partition coefficient (Wildman–Crippen LogP) is 3.14. The van der Waals surface area contributed by atoms with Crippen molar-refractivity contribution < 1.29 is 18.7 Å². The highest BCUT2D eigenvalue weighted by molar-refractivity contribution is 5.92. The number of carbonyl (C=O) groups is 1. The van der Waals surface area contributed by atoms with Crippen LogP contribution in [0, 0.1) is 17.1 Å². The Hall–Kier alpha value is -3.66. The van der Waals surface area contributed by atoms with Crippen LogP contribution >= 0.6 is 0 Å². The quantitative estimate of drug-likeness (QED) is 0.839. The Balaban J connectivity index is 2.15. The topological polar surface area (TPSA) is 98.2 Å². The van der Waals surface area contributed by atoms with Gasteiger partial charge in [0.25, 0.3) is 0 Å². The molecule has 1 atom stereocenters. The van der Waals surface area contributed by atoms with Gasteiger partial charge in [0.2, 0.25) is 5.88 Å². The van der Waals surface area contributed by atoms with Crippen LogP contribution in [-0.4, -0.2) is 18.1 Å². The molecule has 0 fully saturated rings. The molecule has 0 aliphatic carbocycles. The molecule has 3 rings (SSSR count). The minimum Gasteiger partial charge on any atom is -0.466 e. The van der Waals surface area contributed by atoms with E-state index in [9.17, 15) is 14.4 Å². The van der Waals surface area contributed by atoms with Crippen LogP contribution < -0.4 is 5.73 Å². The number of esters is 1. The van der Waals surface area contributed by atoms with E-state index in [2.05, 4.69) is 4.98 Å². The second kappa shape index (κ2) is 7.30. The van der Waals surface area contributed by atoms with Gasteiger partial charge < -0.3 is 15.2 Å². The fourth-order valence-corrected chi connectivity index (χ4v) is 3.01. The first kappa shape index (κ1) is 18.1. The zero-order valence-electron chi connectivity index (χ0n) is 14.7. The third-order valence-electron chi connectivity index (χ3n) is 4.28. The van der Waals surface area contributed by atoms with Crippen molar-refractivity contribution in [1.82, 2.24) is 4.98 Å². The van der Waals surface area contributed by atoms with Crippen LogP contribution in [0.25, 0.3) is 11.1 Å². The molecule has 0 spiro atoms. The molecule has 7 heteroatoms. The van der Waals surface area contributed by atoms with E-state index >= 15 is 0 Å². The standard InChI is InChI=1S/C20H16FN3O3/c1-11-17(20(25)26-2)18(16(8-22)19(23)27-11)14-7-13(9-24-10-14)12-3-5-15(21)6-4-12/h3-7,9-10,18H,23H2,1-2H3/t18-/m1/s1. The lowest BCUT2D eigenvalue weighted by Gasteiger charge is -2.26. The molecule has 0 saturated carbocycles. The van der Waals surface area contributed by atoms with E-state index in [4.69, 9.17) is 15.2 Å². The van der Waals surface area contributed by atoms with Crippen LogP contribution in [0.4, 0.5) is 4.39 Å². The molecular weight excluding hydrogens is 349 g/mol. The second-order valence-corrected chi connectivity index (χ2v) is 5.90. The third kappa shape index (κ3) is 3.37. The van der Waals surface area contributed by atoms with Crippen molar-refractivity contribution in [2.24, 2.45) is 5.73 Å². The molecule has 0 radical (unpaired) electrons. The van der Waals surface area contributed by atoms with Crippen molar-refractivity contribution in [1.29, 1.82) is 5.26 Å². The first-order valence-electron chi connectivity index (χ1n) is 8.03. The van der Waals surface area contributed by atoms with Gasteiger partial charge in [0, 0.05) is 18.0 Å². The molecule has 2 aromatic rings. The van der Waals surface area contributed by atoms with E-state index in [1.807, 2.05) is 6.07 Å². The zero-order chi connectivity index (χ0) is 19.6. The lowest BCUT2D eigenvalue weighted by Crippen LogP contribution is -2.25. The van der Waals surface area contributed by atoms with E-state index < -0.39 is 11.9 Å². The number of carbonyl (C=O) groups excluding carboxylic acids is 1. The second-order valence-electron chi connectivity index (χ2n) is 5.90. The van der Waals surface area contributed by atoms with E-state index in [1.165, 1.54) is 19.2 Å². The SMILES string of the molecule is COC(=O)C1=C(C)OC(N)=C(C#N)[C@H]1c1cncc(-c2ccc(F)cc2)c1. The Bertz CT molecular complexity index is 1000. The van der Waals surface area contributed by atoms with Crippen LogP contribution in [0.15, 0.2) is 65.5 Å². The van der Waals surface area contributed by atoms with Gasteiger partial charge in [-0.1, -0.05) is 12.1 Å². The molecule has 27 heavy (non-hydrogen) atoms. The van der Waals surface area contributed by atoms with Gasteiger partial charge in [-0.05, 0) is 36.2 Å². The molecule has 2 N–H and O–H groups in total. The van der Waals surface area contributed by atoms with Crippen LogP contribution in [0.3, 0.4) is 0 Å². The highest BCUT2D eigenvalue weighted by atomic mass is 19.1. The molecule has 0 unspecified atom stereocenters. The minimum absolute atomic E-state index is 0.0696. The third-order valence-corrected chi connectivity index (χ3v) is 4.28. The number of rotatable bonds is 3. The maximum Gasteiger partial charge on any atom is 0.338 e. The summed E-state index contributed by atoms with van der Waals surface area (Å²) in [5.41, 5.74) is 8.16. The van der Waals surface area contributed by atoms with Crippen LogP contribution in [0.1, 0.15) is 18.4 Å². The lowest BCUT2D eigenvalue weighted by molar-refractivity contribution is -0.136. The molecule has 0 amide bonds. The summed E-state index contributed by atoms with van der Waals surface area (Å²) in [6.45, 7) is 1.58. The number of nitrogens with two attached hydrogens (primary N) is 1. The van der Waals surface area contributed by atoms with Gasteiger partial charge in [0.1, 0.15) is 23.2 Å². The molecule has 1 aliphatic heterocycles. The fraction of sp³-hybridized carbons (Fsp3) is 0.150. The predicted molar refractivity (Wildman–Crippen MR) is 95.0 cm³/mol. The molecule has 1 aromatic heterocycles. The monoisotopic (exact) mass is 365 g/mol. The molecule has 0 bridgehead atoms. The number of ether oxygens (including phenoxy) is 2. The number of nitrogens with zero attached hydrogens (tertiary/aromatic N) is 2. The first-order valence-corrected chi connectivity index (χ1v) is 8.03. The van der Waals surface area contributed by atoms with Crippen molar-refractivity contribution in [3.8, 4) is 17.2 Å². The highest BCUT2D eigenvalue weighted by Gasteiger charge is 2.36. The maximum absolute atomic E-state index is 13.2. The molecule has 1 aliphatic rings. The maximum atomic E-state index is 13.2. The summed E-state index contributed by atoms with van der Waals surface area (Å²) in [5.74, 6) is -1.55. The van der Waals surface area contributed by atoms with Gasteiger partial charge in [-0.2, -0.15) is 5.26 Å². The number of hydrogen-bond donors (Lipinski definition) is 1. The van der Waals surface area contributed by atoms with Crippen molar-refractivity contribution in [3.63, 3.8) is 0 Å². The summed E-state index contributed by atoms with van der Waals surface area (Å²) in [6, 6.07) is 9.72. The number of allylic oxidation sites excluding steroid dienone is 2. The number of benzene rings is 1. The molecule has 1 aromatic carbocycles. The van der Waals surface area contributed by atoms with Crippen LogP contribution in [0.5, 0.6) is 0 Å². The molecule has 0 saturated heterocycles. The van der Waals surface area contributed by atoms with Gasteiger partial charge >= 0.3 is 5.97 Å². The average Bonchev–Trinajstić information content (AvgIpc) is 2.67. The number of aromatic nitrogens is 1. The number of nitriles is 1. The molecule has 2 heterocycles. The number of halogens is 1. The first-order chi connectivity index (χ1) is 13.0. The Morgan fingerprint density at radius 2 is 2.00 bits per heavy atom. The highest BCUT2D eigenvalue weighted by Crippen LogP contribution is 2.40. The Kier molecular flexibility index (Phi) is 4.90. The lowest BCUT2D eigenvalue weighted by atomic mass is 9.83. The number of methoxy groups -OCH3 is 1. The summed E-state index contributed by atoms with van der Waals surface area (Å²) in [4.78, 5) is 16.5. The average molecular weight is 365 g/mol. The number of hydrogen-bond acceptors (Lipinski definition) is 6. The van der Waals surface area contributed by atoms with Gasteiger partial charge in [0.15, 0.2) is 0 Å². The summed E-state index contributed by atoms with van der Waals surface area (Å²) in [5, 5.41) is 9.56. The van der Waals surface area contributed by atoms with Crippen molar-refractivity contribution in [2.75, 3.05) is 7.11 Å². The van der Waals surface area contributed by atoms with Crippen LogP contribution in [-0.2, 0) is 14.3 Å². The van der Waals surface area contributed by atoms with Crippen molar-refractivity contribution in [2.45, 2.75) is 12.8 Å². The molecule has 6 nitrogen and oxygen atoms in total. The van der Waals surface area contributed by atoms with Gasteiger partial charge in [-0.15, -0.1) is 0 Å². The fourth-order valence-electron chi connectivity index (χ4n) is 3.01. The normalized spacial score (nSPS) is 16.6. The van der Waals surface area contributed by atoms with Gasteiger partial charge in [-0.25, -0.2) is 9.18 Å². The Morgan fingerprint density at radius 3 is 2.63 bits per heavy atom. The number of pyridine rings is 1. The summed E-state index contributed by atoms with van der Waals surface area (Å²) < 4.78 is 23.4. The van der Waals surface area contributed by atoms with E-state index in [0.29, 0.717) is 11.1 Å². The molecular formula is C20H16FN3O3.